The lowest BCUT2D eigenvalue weighted by molar-refractivity contribution is -0.384. The van der Waals surface area contributed by atoms with Gasteiger partial charge in [-0.2, -0.15) is 0 Å². The molecule has 7 nitrogen and oxygen atoms in total. The van der Waals surface area contributed by atoms with Gasteiger partial charge in [-0.15, -0.1) is 13.2 Å². The van der Waals surface area contributed by atoms with E-state index in [1.165, 1.54) is 31.4 Å². The third-order valence-corrected chi connectivity index (χ3v) is 3.60. The van der Waals surface area contributed by atoms with E-state index in [1.54, 1.807) is 6.92 Å². The number of hydrogen-bond acceptors (Lipinski definition) is 5. The molecule has 0 aliphatic heterocycles. The number of benzene rings is 2. The molecule has 0 radical (unpaired) electrons. The third-order valence-electron chi connectivity index (χ3n) is 3.60. The third kappa shape index (κ3) is 5.33. The quantitative estimate of drug-likeness (QED) is 0.601. The molecule has 2 rings (SSSR count). The Kier molecular flexibility index (Phi) is 5.88. The highest BCUT2D eigenvalue weighted by molar-refractivity contribution is 5.97. The first kappa shape index (κ1) is 20.0. The largest absolute Gasteiger partial charge is 0.573 e. The van der Waals surface area contributed by atoms with Crippen LogP contribution in [-0.4, -0.2) is 24.3 Å². The predicted octanol–water partition coefficient (Wildman–Crippen LogP) is 3.99. The molecule has 27 heavy (non-hydrogen) atoms. The van der Waals surface area contributed by atoms with E-state index in [4.69, 9.17) is 4.74 Å². The van der Waals surface area contributed by atoms with Gasteiger partial charge in [0.2, 0.25) is 0 Å². The van der Waals surface area contributed by atoms with Gasteiger partial charge >= 0.3 is 6.36 Å². The number of amides is 1. The molecule has 1 amide bonds. The second-order valence-corrected chi connectivity index (χ2v) is 5.45. The number of halogens is 3. The first-order valence-corrected chi connectivity index (χ1v) is 7.59. The maximum Gasteiger partial charge on any atom is 0.573 e. The molecule has 1 atom stereocenters. The fourth-order valence-corrected chi connectivity index (χ4v) is 2.30. The van der Waals surface area contributed by atoms with Gasteiger partial charge in [0, 0.05) is 12.1 Å². The van der Waals surface area contributed by atoms with Crippen molar-refractivity contribution in [3.05, 3.63) is 63.7 Å². The molecule has 1 N–H and O–H groups in total. The molecule has 2 aromatic carbocycles. The number of nitro groups is 1. The number of non-ortho nitro benzene ring substituents is 1. The van der Waals surface area contributed by atoms with Gasteiger partial charge in [0.25, 0.3) is 11.6 Å². The van der Waals surface area contributed by atoms with Crippen LogP contribution in [0.1, 0.15) is 28.9 Å². The van der Waals surface area contributed by atoms with E-state index in [1.807, 2.05) is 0 Å². The van der Waals surface area contributed by atoms with E-state index in [9.17, 15) is 28.1 Å². The summed E-state index contributed by atoms with van der Waals surface area (Å²) in [6, 6.07) is 8.01. The smallest absolute Gasteiger partial charge is 0.496 e. The van der Waals surface area contributed by atoms with Crippen molar-refractivity contribution in [3.8, 4) is 11.5 Å². The molecule has 10 heteroatoms. The predicted molar refractivity (Wildman–Crippen MR) is 88.7 cm³/mol. The zero-order valence-electron chi connectivity index (χ0n) is 14.2. The first-order chi connectivity index (χ1) is 12.6. The molecule has 0 spiro atoms. The molecule has 0 saturated carbocycles. The number of carbonyl (C=O) groups excluding carboxylic acids is 1. The van der Waals surface area contributed by atoms with Crippen molar-refractivity contribution in [1.82, 2.24) is 5.32 Å². The van der Waals surface area contributed by atoms with Crippen LogP contribution >= 0.6 is 0 Å². The van der Waals surface area contributed by atoms with Crippen LogP contribution in [-0.2, 0) is 0 Å². The monoisotopic (exact) mass is 384 g/mol. The fraction of sp³-hybridized carbons (Fsp3) is 0.235. The van der Waals surface area contributed by atoms with Crippen LogP contribution in [0.15, 0.2) is 42.5 Å². The molecule has 144 valence electrons. The molecule has 0 saturated heterocycles. The van der Waals surface area contributed by atoms with E-state index >= 15 is 0 Å². The molecule has 0 bridgehead atoms. The lowest BCUT2D eigenvalue weighted by Crippen LogP contribution is -2.27. The Morgan fingerprint density at radius 2 is 1.81 bits per heavy atom. The van der Waals surface area contributed by atoms with E-state index < -0.39 is 23.2 Å². The number of nitrogens with one attached hydrogen (secondary N) is 1. The summed E-state index contributed by atoms with van der Waals surface area (Å²) in [4.78, 5) is 22.7. The highest BCUT2D eigenvalue weighted by Crippen LogP contribution is 2.26. The summed E-state index contributed by atoms with van der Waals surface area (Å²) >= 11 is 0. The number of nitro benzene ring substituents is 1. The van der Waals surface area contributed by atoms with Crippen molar-refractivity contribution in [2.24, 2.45) is 0 Å². The summed E-state index contributed by atoms with van der Waals surface area (Å²) in [6.45, 7) is 1.61. The minimum absolute atomic E-state index is 0.0319. The molecular weight excluding hydrogens is 369 g/mol. The summed E-state index contributed by atoms with van der Waals surface area (Å²) in [5.74, 6) is -0.858. The van der Waals surface area contributed by atoms with Crippen LogP contribution in [0.3, 0.4) is 0 Å². The molecule has 1 unspecified atom stereocenters. The minimum Gasteiger partial charge on any atom is -0.496 e. The Morgan fingerprint density at radius 3 is 2.33 bits per heavy atom. The summed E-state index contributed by atoms with van der Waals surface area (Å²) < 4.78 is 45.4. The van der Waals surface area contributed by atoms with Crippen molar-refractivity contribution in [3.63, 3.8) is 0 Å². The molecule has 0 fully saturated rings. The molecule has 0 aliphatic carbocycles. The Morgan fingerprint density at radius 1 is 1.19 bits per heavy atom. The zero-order chi connectivity index (χ0) is 20.2. The minimum atomic E-state index is -4.79. The summed E-state index contributed by atoms with van der Waals surface area (Å²) in [5, 5.41) is 13.5. The first-order valence-electron chi connectivity index (χ1n) is 7.59. The number of rotatable bonds is 6. The highest BCUT2D eigenvalue weighted by atomic mass is 19.4. The molecule has 0 aliphatic rings. The van der Waals surface area contributed by atoms with Crippen LogP contribution in [0.5, 0.6) is 11.5 Å². The summed E-state index contributed by atoms with van der Waals surface area (Å²) in [7, 11) is 1.32. The van der Waals surface area contributed by atoms with Gasteiger partial charge in [0.15, 0.2) is 0 Å². The molecule has 2 aromatic rings. The number of hydrogen-bond donors (Lipinski definition) is 1. The van der Waals surface area contributed by atoms with Crippen LogP contribution in [0.2, 0.25) is 0 Å². The summed E-state index contributed by atoms with van der Waals surface area (Å²) in [5.41, 5.74) is 0.208. The van der Waals surface area contributed by atoms with Crippen LogP contribution in [0, 0.1) is 10.1 Å². The Balaban J connectivity index is 2.15. The van der Waals surface area contributed by atoms with Gasteiger partial charge in [-0.05, 0) is 30.7 Å². The van der Waals surface area contributed by atoms with E-state index in [-0.39, 0.29) is 22.7 Å². The van der Waals surface area contributed by atoms with E-state index in [2.05, 4.69) is 10.1 Å². The van der Waals surface area contributed by atoms with Crippen molar-refractivity contribution in [2.75, 3.05) is 7.11 Å². The van der Waals surface area contributed by atoms with Gasteiger partial charge in [-0.1, -0.05) is 12.1 Å². The SMILES string of the molecule is COc1ccc([N+](=O)[O-])cc1C(=O)NC(C)c1ccc(OC(F)(F)F)cc1. The van der Waals surface area contributed by atoms with Gasteiger partial charge in [0.05, 0.1) is 23.6 Å². The average Bonchev–Trinajstić information content (AvgIpc) is 2.60. The summed E-state index contributed by atoms with van der Waals surface area (Å²) in [6.07, 6.45) is -4.79. The van der Waals surface area contributed by atoms with Crippen molar-refractivity contribution in [1.29, 1.82) is 0 Å². The van der Waals surface area contributed by atoms with Gasteiger partial charge in [-0.3, -0.25) is 14.9 Å². The maximum atomic E-state index is 12.5. The Hall–Kier alpha value is -3.30. The lowest BCUT2D eigenvalue weighted by Gasteiger charge is -2.16. The van der Waals surface area contributed by atoms with Gasteiger partial charge in [-0.25, -0.2) is 0 Å². The number of methoxy groups -OCH3 is 1. The van der Waals surface area contributed by atoms with Crippen LogP contribution < -0.4 is 14.8 Å². The topological polar surface area (TPSA) is 90.7 Å². The van der Waals surface area contributed by atoms with Crippen molar-refractivity contribution >= 4 is 11.6 Å². The van der Waals surface area contributed by atoms with E-state index in [0.29, 0.717) is 5.56 Å². The number of alkyl halides is 3. The number of ether oxygens (including phenoxy) is 2. The molecule has 0 aromatic heterocycles. The average molecular weight is 384 g/mol. The van der Waals surface area contributed by atoms with Gasteiger partial charge < -0.3 is 14.8 Å². The Bertz CT molecular complexity index is 837. The van der Waals surface area contributed by atoms with Crippen molar-refractivity contribution in [2.45, 2.75) is 19.3 Å². The number of nitrogens with zero attached hydrogens (tertiary/aromatic N) is 1. The maximum absolute atomic E-state index is 12.5. The Labute approximate surface area is 151 Å². The highest BCUT2D eigenvalue weighted by Gasteiger charge is 2.31. The standard InChI is InChI=1S/C17H15F3N2O5/c1-10(11-3-6-13(7-4-11)27-17(18,19)20)21-16(23)14-9-12(22(24)25)5-8-15(14)26-2/h3-10H,1-2H3,(H,21,23). The molecule has 0 heterocycles. The fourth-order valence-electron chi connectivity index (χ4n) is 2.30. The van der Waals surface area contributed by atoms with Crippen LogP contribution in [0.4, 0.5) is 18.9 Å². The zero-order valence-corrected chi connectivity index (χ0v) is 14.2. The van der Waals surface area contributed by atoms with E-state index in [0.717, 1.165) is 18.2 Å². The molecular formula is C17H15F3N2O5. The van der Waals surface area contributed by atoms with Gasteiger partial charge in [0.1, 0.15) is 11.5 Å². The lowest BCUT2D eigenvalue weighted by atomic mass is 10.1. The second-order valence-electron chi connectivity index (χ2n) is 5.45. The normalized spacial score (nSPS) is 12.2. The second kappa shape index (κ2) is 7.94. The van der Waals surface area contributed by atoms with Crippen molar-refractivity contribution < 1.29 is 32.4 Å². The number of carbonyl (C=O) groups is 1. The van der Waals surface area contributed by atoms with Crippen LogP contribution in [0.25, 0.3) is 0 Å².